The highest BCUT2D eigenvalue weighted by atomic mass is 35.5. The molecular formula is C27H30ClN3O3. The molecule has 1 heterocycles. The Bertz CT molecular complexity index is 1100. The molecule has 1 aliphatic carbocycles. The van der Waals surface area contributed by atoms with Crippen LogP contribution in [0.15, 0.2) is 42.5 Å². The van der Waals surface area contributed by atoms with Crippen molar-refractivity contribution in [3.8, 4) is 6.07 Å². The van der Waals surface area contributed by atoms with Gasteiger partial charge >= 0.3 is 0 Å². The van der Waals surface area contributed by atoms with Crippen LogP contribution in [0.3, 0.4) is 0 Å². The molecule has 2 aromatic carbocycles. The zero-order valence-electron chi connectivity index (χ0n) is 19.2. The predicted molar refractivity (Wildman–Crippen MR) is 132 cm³/mol. The molecule has 1 unspecified atom stereocenters. The summed E-state index contributed by atoms with van der Waals surface area (Å²) in [4.78, 5) is 28.3. The van der Waals surface area contributed by atoms with Gasteiger partial charge in [-0.15, -0.1) is 0 Å². The lowest BCUT2D eigenvalue weighted by Gasteiger charge is -2.33. The smallest absolute Gasteiger partial charge is 0.256 e. The van der Waals surface area contributed by atoms with Gasteiger partial charge in [0.1, 0.15) is 11.7 Å². The summed E-state index contributed by atoms with van der Waals surface area (Å²) in [5, 5.41) is 23.9. The van der Waals surface area contributed by atoms with Crippen molar-refractivity contribution < 1.29 is 14.7 Å². The first-order valence-electron chi connectivity index (χ1n) is 12.0. The first-order chi connectivity index (χ1) is 16.4. The van der Waals surface area contributed by atoms with Gasteiger partial charge in [-0.3, -0.25) is 9.59 Å². The number of piperidine rings is 1. The molecule has 2 aliphatic rings. The molecule has 0 radical (unpaired) electrons. The third kappa shape index (κ3) is 5.27. The lowest BCUT2D eigenvalue weighted by atomic mass is 9.80. The normalized spacial score (nSPS) is 18.2. The Kier molecular flexibility index (Phi) is 7.55. The monoisotopic (exact) mass is 479 g/mol. The second kappa shape index (κ2) is 10.6. The number of carbonyl (C=O) groups excluding carboxylic acids is 2. The van der Waals surface area contributed by atoms with E-state index < -0.39 is 11.5 Å². The van der Waals surface area contributed by atoms with Crippen LogP contribution in [0.2, 0.25) is 5.02 Å². The van der Waals surface area contributed by atoms with E-state index in [2.05, 4.69) is 5.32 Å². The van der Waals surface area contributed by atoms with E-state index in [0.717, 1.165) is 63.6 Å². The summed E-state index contributed by atoms with van der Waals surface area (Å²) in [7, 11) is 0. The highest BCUT2D eigenvalue weighted by Crippen LogP contribution is 2.37. The SMILES string of the molecule is N#Cc1ccc(NC(=O)C(O)(Cc2cccc(C(=O)N3CCCCC3)c2)C2CCCC2)cc1Cl. The van der Waals surface area contributed by atoms with Crippen molar-refractivity contribution in [2.24, 2.45) is 5.92 Å². The largest absolute Gasteiger partial charge is 0.379 e. The summed E-state index contributed by atoms with van der Waals surface area (Å²) in [6.45, 7) is 1.54. The molecule has 0 spiro atoms. The van der Waals surface area contributed by atoms with E-state index in [1.807, 2.05) is 29.2 Å². The summed E-state index contributed by atoms with van der Waals surface area (Å²) in [6, 6.07) is 14.0. The molecule has 0 aromatic heterocycles. The zero-order valence-corrected chi connectivity index (χ0v) is 20.0. The molecule has 6 nitrogen and oxygen atoms in total. The van der Waals surface area contributed by atoms with Crippen molar-refractivity contribution in [2.45, 2.75) is 57.0 Å². The molecular weight excluding hydrogens is 450 g/mol. The molecule has 0 bridgehead atoms. The minimum atomic E-state index is -1.62. The fourth-order valence-corrected chi connectivity index (χ4v) is 5.36. The van der Waals surface area contributed by atoms with Gasteiger partial charge in [0.25, 0.3) is 11.8 Å². The van der Waals surface area contributed by atoms with E-state index in [0.29, 0.717) is 16.8 Å². The van der Waals surface area contributed by atoms with Crippen molar-refractivity contribution in [3.63, 3.8) is 0 Å². The van der Waals surface area contributed by atoms with Crippen molar-refractivity contribution in [3.05, 3.63) is 64.2 Å². The first-order valence-corrected chi connectivity index (χ1v) is 12.4. The minimum Gasteiger partial charge on any atom is -0.379 e. The van der Waals surface area contributed by atoms with Gasteiger partial charge in [-0.1, -0.05) is 36.6 Å². The van der Waals surface area contributed by atoms with Crippen molar-refractivity contribution in [1.29, 1.82) is 5.26 Å². The number of nitrogens with zero attached hydrogens (tertiary/aromatic N) is 2. The fraction of sp³-hybridized carbons (Fsp3) is 0.444. The number of nitriles is 1. The second-order valence-electron chi connectivity index (χ2n) is 9.40. The second-order valence-corrected chi connectivity index (χ2v) is 9.80. The van der Waals surface area contributed by atoms with Gasteiger partial charge in [-0.25, -0.2) is 0 Å². The Hall–Kier alpha value is -2.88. The lowest BCUT2D eigenvalue weighted by molar-refractivity contribution is -0.139. The maximum atomic E-state index is 13.4. The minimum absolute atomic E-state index is 0.00244. The maximum Gasteiger partial charge on any atom is 0.256 e. The van der Waals surface area contributed by atoms with E-state index in [1.54, 1.807) is 18.2 Å². The molecule has 1 aliphatic heterocycles. The molecule has 2 N–H and O–H groups in total. The number of amides is 2. The van der Waals surface area contributed by atoms with E-state index in [4.69, 9.17) is 16.9 Å². The number of nitrogens with one attached hydrogen (secondary N) is 1. The van der Waals surface area contributed by atoms with Crippen molar-refractivity contribution in [1.82, 2.24) is 4.90 Å². The van der Waals surface area contributed by atoms with Crippen LogP contribution in [-0.2, 0) is 11.2 Å². The molecule has 1 saturated carbocycles. The van der Waals surface area contributed by atoms with Crippen molar-refractivity contribution in [2.75, 3.05) is 18.4 Å². The van der Waals surface area contributed by atoms with E-state index in [9.17, 15) is 14.7 Å². The average Bonchev–Trinajstić information content (AvgIpc) is 3.40. The van der Waals surface area contributed by atoms with Gasteiger partial charge in [0.15, 0.2) is 0 Å². The van der Waals surface area contributed by atoms with Crippen LogP contribution in [0.25, 0.3) is 0 Å². The molecule has 1 saturated heterocycles. The Morgan fingerprint density at radius 3 is 2.50 bits per heavy atom. The number of benzene rings is 2. The number of hydrogen-bond donors (Lipinski definition) is 2. The number of carbonyl (C=O) groups is 2. The highest BCUT2D eigenvalue weighted by Gasteiger charge is 2.45. The van der Waals surface area contributed by atoms with Crippen LogP contribution < -0.4 is 5.32 Å². The molecule has 178 valence electrons. The van der Waals surface area contributed by atoms with Crippen LogP contribution in [0, 0.1) is 17.2 Å². The molecule has 7 heteroatoms. The van der Waals surface area contributed by atoms with Gasteiger partial charge in [0.2, 0.25) is 0 Å². The van der Waals surface area contributed by atoms with Gasteiger partial charge in [-0.05, 0) is 73.9 Å². The summed E-state index contributed by atoms with van der Waals surface area (Å²) in [6.07, 6.45) is 6.78. The van der Waals surface area contributed by atoms with Crippen LogP contribution in [0.1, 0.15) is 66.4 Å². The molecule has 2 amide bonds. The van der Waals surface area contributed by atoms with Gasteiger partial charge in [-0.2, -0.15) is 5.26 Å². The van der Waals surface area contributed by atoms with Gasteiger partial charge in [0.05, 0.1) is 10.6 Å². The predicted octanol–water partition coefficient (Wildman–Crippen LogP) is 4.94. The highest BCUT2D eigenvalue weighted by molar-refractivity contribution is 6.32. The third-order valence-corrected chi connectivity index (χ3v) is 7.37. The quantitative estimate of drug-likeness (QED) is 0.613. The molecule has 1 atom stereocenters. The standard InChI is InChI=1S/C27H30ClN3O3/c28-24-16-23(12-11-21(24)18-29)30-26(33)27(34,22-9-2-3-10-22)17-19-7-6-8-20(15-19)25(32)31-13-4-1-5-14-31/h6-8,11-12,15-16,22,34H,1-5,9-10,13-14,17H2,(H,30,33). The number of anilines is 1. The Labute approximate surface area is 205 Å². The molecule has 34 heavy (non-hydrogen) atoms. The Morgan fingerprint density at radius 2 is 1.82 bits per heavy atom. The molecule has 2 aromatic rings. The van der Waals surface area contributed by atoms with Crippen molar-refractivity contribution >= 4 is 29.1 Å². The van der Waals surface area contributed by atoms with E-state index in [1.165, 1.54) is 6.07 Å². The summed E-state index contributed by atoms with van der Waals surface area (Å²) in [5.74, 6) is -0.668. The number of rotatable bonds is 6. The Balaban J connectivity index is 1.56. The maximum absolute atomic E-state index is 13.4. The third-order valence-electron chi connectivity index (χ3n) is 7.06. The number of halogens is 1. The Morgan fingerprint density at radius 1 is 1.09 bits per heavy atom. The summed E-state index contributed by atoms with van der Waals surface area (Å²) < 4.78 is 0. The van der Waals surface area contributed by atoms with Crippen LogP contribution in [0.4, 0.5) is 5.69 Å². The van der Waals surface area contributed by atoms with Crippen LogP contribution in [0.5, 0.6) is 0 Å². The summed E-state index contributed by atoms with van der Waals surface area (Å²) in [5.41, 5.74) is 0.474. The molecule has 4 rings (SSSR count). The van der Waals surface area contributed by atoms with E-state index in [-0.39, 0.29) is 23.3 Å². The zero-order chi connectivity index (χ0) is 24.1. The number of aliphatic hydroxyl groups is 1. The lowest BCUT2D eigenvalue weighted by Crippen LogP contribution is -2.50. The number of likely N-dealkylation sites (tertiary alicyclic amines) is 1. The van der Waals surface area contributed by atoms with Gasteiger partial charge in [0, 0.05) is 30.8 Å². The van der Waals surface area contributed by atoms with E-state index >= 15 is 0 Å². The van der Waals surface area contributed by atoms with Crippen LogP contribution >= 0.6 is 11.6 Å². The van der Waals surface area contributed by atoms with Gasteiger partial charge < -0.3 is 15.3 Å². The summed E-state index contributed by atoms with van der Waals surface area (Å²) >= 11 is 6.12. The molecule has 2 fully saturated rings. The average molecular weight is 480 g/mol. The first kappa shape index (κ1) is 24.3. The van der Waals surface area contributed by atoms with Crippen LogP contribution in [-0.4, -0.2) is 40.5 Å². The number of hydrogen-bond acceptors (Lipinski definition) is 4. The fourth-order valence-electron chi connectivity index (χ4n) is 5.14. The topological polar surface area (TPSA) is 93.4 Å².